The van der Waals surface area contributed by atoms with Crippen LogP contribution in [0.5, 0.6) is 11.5 Å². The fraction of sp³-hybridized carbons (Fsp3) is 0.551. The Bertz CT molecular complexity index is 2600. The van der Waals surface area contributed by atoms with Crippen molar-refractivity contribution in [3.63, 3.8) is 0 Å². The number of likely N-dealkylation sites (tertiary alicyclic amines) is 1. The molecular formula is C49H60ClN7O6S. The van der Waals surface area contributed by atoms with Gasteiger partial charge in [-0.15, -0.1) is 11.6 Å². The molecule has 11 rings (SSSR count). The smallest absolute Gasteiger partial charge is 0.293 e. The van der Waals surface area contributed by atoms with E-state index >= 15 is 0 Å². The summed E-state index contributed by atoms with van der Waals surface area (Å²) in [4.78, 5) is 40.2. The molecule has 2 bridgehead atoms. The highest BCUT2D eigenvalue weighted by molar-refractivity contribution is 7.92. The van der Waals surface area contributed by atoms with Crippen LogP contribution in [0.2, 0.25) is 0 Å². The van der Waals surface area contributed by atoms with Gasteiger partial charge in [0.2, 0.25) is 0 Å². The molecule has 7 aliphatic rings. The van der Waals surface area contributed by atoms with Crippen LogP contribution in [-0.2, 0) is 9.84 Å². The molecule has 0 radical (unpaired) electrons. The zero-order chi connectivity index (χ0) is 44.5. The Kier molecular flexibility index (Phi) is 11.1. The Morgan fingerprint density at radius 2 is 1.73 bits per heavy atom. The number of carbonyl (C=O) groups is 1. The van der Waals surface area contributed by atoms with Gasteiger partial charge in [-0.25, -0.2) is 13.4 Å². The number of pyridine rings is 1. The van der Waals surface area contributed by atoms with Crippen molar-refractivity contribution >= 4 is 55.3 Å². The van der Waals surface area contributed by atoms with Crippen LogP contribution in [0.1, 0.15) is 94.8 Å². The normalized spacial score (nSPS) is 25.4. The molecule has 340 valence electrons. The minimum absolute atomic E-state index is 0.0481. The molecule has 2 aromatic carbocycles. The van der Waals surface area contributed by atoms with Gasteiger partial charge in [0.15, 0.2) is 15.6 Å². The fourth-order valence-electron chi connectivity index (χ4n) is 12.0. The first kappa shape index (κ1) is 43.4. The quantitative estimate of drug-likeness (QED) is 0.0386. The Morgan fingerprint density at radius 1 is 0.969 bits per heavy atom. The SMILES string of the molecule is CC1(C)CCC(CN2CCN(c3ccc(C(=O)CS(=O)(=O)c4ccc(NCCN5CC6(CCCCC6)C5)c([N+](=O)[O-])c4)c(Oc4cnc5[nH]ccc5c4)c3)CC2)=C(C23CC(Cl)(C2)C3)C1. The van der Waals surface area contributed by atoms with Gasteiger partial charge < -0.3 is 24.8 Å². The molecule has 4 heterocycles. The second kappa shape index (κ2) is 16.4. The monoisotopic (exact) mass is 909 g/mol. The van der Waals surface area contributed by atoms with Gasteiger partial charge >= 0.3 is 0 Å². The van der Waals surface area contributed by atoms with Crippen LogP contribution in [0.25, 0.3) is 11.0 Å². The third-order valence-electron chi connectivity index (χ3n) is 15.4. The lowest BCUT2D eigenvalue weighted by Gasteiger charge is -2.70. The second-order valence-electron chi connectivity index (χ2n) is 20.8. The lowest BCUT2D eigenvalue weighted by atomic mass is 9.39. The summed E-state index contributed by atoms with van der Waals surface area (Å²) in [5, 5.41) is 16.2. The van der Waals surface area contributed by atoms with E-state index in [0.717, 1.165) is 95.2 Å². The highest BCUT2D eigenvalue weighted by Crippen LogP contribution is 2.75. The number of ketones is 1. The number of sulfone groups is 1. The maximum atomic E-state index is 14.1. The number of halogens is 1. The van der Waals surface area contributed by atoms with Gasteiger partial charge in [-0.1, -0.05) is 44.3 Å². The molecule has 64 heavy (non-hydrogen) atoms. The molecule has 2 aromatic heterocycles. The first-order valence-electron chi connectivity index (χ1n) is 23.2. The number of nitro groups is 1. The predicted molar refractivity (Wildman–Crippen MR) is 251 cm³/mol. The number of hydrogen-bond acceptors (Lipinski definition) is 11. The Balaban J connectivity index is 0.829. The first-order chi connectivity index (χ1) is 30.6. The molecule has 4 saturated carbocycles. The van der Waals surface area contributed by atoms with Crippen molar-refractivity contribution in [3.8, 4) is 11.5 Å². The number of fused-ring (bicyclic) bond motifs is 1. The molecule has 0 amide bonds. The van der Waals surface area contributed by atoms with Crippen LogP contribution >= 0.6 is 11.6 Å². The number of H-pyrrole nitrogens is 1. The van der Waals surface area contributed by atoms with E-state index in [2.05, 4.69) is 43.8 Å². The predicted octanol–water partition coefficient (Wildman–Crippen LogP) is 9.39. The summed E-state index contributed by atoms with van der Waals surface area (Å²) < 4.78 is 34.1. The van der Waals surface area contributed by atoms with Crippen molar-refractivity contribution < 1.29 is 22.9 Å². The summed E-state index contributed by atoms with van der Waals surface area (Å²) in [5.74, 6) is -0.954. The Hall–Kier alpha value is -4.50. The number of nitrogens with zero attached hydrogens (tertiary/aromatic N) is 5. The highest BCUT2D eigenvalue weighted by atomic mass is 35.5. The summed E-state index contributed by atoms with van der Waals surface area (Å²) in [7, 11) is -4.29. The number of aromatic amines is 1. The lowest BCUT2D eigenvalue weighted by Crippen LogP contribution is -2.65. The van der Waals surface area contributed by atoms with Crippen molar-refractivity contribution in [1.82, 2.24) is 19.8 Å². The number of alkyl halides is 1. The van der Waals surface area contributed by atoms with E-state index in [-0.39, 0.29) is 32.5 Å². The van der Waals surface area contributed by atoms with Crippen LogP contribution in [-0.4, -0.2) is 108 Å². The molecule has 2 aliphatic heterocycles. The molecule has 4 aromatic rings. The number of anilines is 2. The highest BCUT2D eigenvalue weighted by Gasteiger charge is 2.69. The minimum atomic E-state index is -4.29. The van der Waals surface area contributed by atoms with E-state index in [0.29, 0.717) is 34.2 Å². The van der Waals surface area contributed by atoms with Crippen LogP contribution < -0.4 is 15.0 Å². The average molecular weight is 911 g/mol. The van der Waals surface area contributed by atoms with Crippen molar-refractivity contribution in [3.05, 3.63) is 87.7 Å². The molecule has 2 saturated heterocycles. The van der Waals surface area contributed by atoms with Gasteiger partial charge in [-0.2, -0.15) is 0 Å². The van der Waals surface area contributed by atoms with Crippen LogP contribution in [0.3, 0.4) is 0 Å². The van der Waals surface area contributed by atoms with Gasteiger partial charge in [0.1, 0.15) is 28.6 Å². The first-order valence-corrected chi connectivity index (χ1v) is 25.2. The Morgan fingerprint density at radius 3 is 2.47 bits per heavy atom. The van der Waals surface area contributed by atoms with Gasteiger partial charge in [0.05, 0.1) is 21.6 Å². The summed E-state index contributed by atoms with van der Waals surface area (Å²) in [6.07, 6.45) is 16.7. The number of benzene rings is 2. The summed E-state index contributed by atoms with van der Waals surface area (Å²) >= 11 is 6.76. The van der Waals surface area contributed by atoms with Crippen LogP contribution in [0.4, 0.5) is 17.1 Å². The number of carbonyl (C=O) groups excluding carboxylic acids is 1. The summed E-state index contributed by atoms with van der Waals surface area (Å²) in [6.45, 7) is 12.5. The molecule has 0 unspecified atom stereocenters. The molecule has 15 heteroatoms. The fourth-order valence-corrected chi connectivity index (χ4v) is 14.0. The largest absolute Gasteiger partial charge is 0.455 e. The third-order valence-corrected chi connectivity index (χ3v) is 17.4. The van der Waals surface area contributed by atoms with Gasteiger partial charge in [0.25, 0.3) is 5.69 Å². The number of piperazine rings is 1. The Labute approximate surface area is 381 Å². The molecule has 1 spiro atoms. The number of nitro benzene ring substituents is 1. The zero-order valence-corrected chi connectivity index (χ0v) is 38.7. The van der Waals surface area contributed by atoms with Gasteiger partial charge in [0, 0.05) is 93.2 Å². The van der Waals surface area contributed by atoms with Crippen LogP contribution in [0.15, 0.2) is 77.0 Å². The van der Waals surface area contributed by atoms with Crippen molar-refractivity contribution in [2.24, 2.45) is 16.2 Å². The average Bonchev–Trinajstić information content (AvgIpc) is 3.71. The maximum absolute atomic E-state index is 14.1. The van der Waals surface area contributed by atoms with E-state index < -0.39 is 26.3 Å². The number of ether oxygens (including phenoxy) is 1. The lowest BCUT2D eigenvalue weighted by molar-refractivity contribution is -0.384. The minimum Gasteiger partial charge on any atom is -0.455 e. The van der Waals surface area contributed by atoms with Gasteiger partial charge in [-0.3, -0.25) is 19.8 Å². The van der Waals surface area contributed by atoms with E-state index in [4.69, 9.17) is 16.3 Å². The molecule has 13 nitrogen and oxygen atoms in total. The molecule has 6 fully saturated rings. The second-order valence-corrected chi connectivity index (χ2v) is 23.6. The van der Waals surface area contributed by atoms with E-state index in [1.54, 1.807) is 29.6 Å². The van der Waals surface area contributed by atoms with Crippen LogP contribution in [0, 0.1) is 26.4 Å². The summed E-state index contributed by atoms with van der Waals surface area (Å²) in [5.41, 5.74) is 5.97. The maximum Gasteiger partial charge on any atom is 0.293 e. The topological polar surface area (TPSA) is 154 Å². The number of rotatable bonds is 15. The van der Waals surface area contributed by atoms with E-state index in [1.807, 2.05) is 24.3 Å². The number of nitrogens with one attached hydrogen (secondary N) is 2. The third kappa shape index (κ3) is 8.55. The summed E-state index contributed by atoms with van der Waals surface area (Å²) in [6, 6.07) is 12.8. The number of hydrogen-bond donors (Lipinski definition) is 2. The standard InChI is InChI=1S/C49H60ClN7O6S/c1-46(2)14-10-35(40(25-46)48-29-49(50,30-48)31-48)27-54-18-20-56(21-19-54)36-6-8-39(44(23-36)63-37-22-34-11-15-52-45(34)53-26-37)43(58)28-64(61,62)38-7-9-41(42(24-38)57(59)60)51-16-17-55-32-47(33-55)12-4-3-5-13-47/h6-9,11,15,22-24,26,51H,3-5,10,12-14,16-21,25,27-33H2,1-2H3,(H,52,53). The number of allylic oxidation sites excluding steroid dienone is 1. The van der Waals surface area contributed by atoms with E-state index in [1.165, 1.54) is 57.1 Å². The van der Waals surface area contributed by atoms with Crippen molar-refractivity contribution in [2.75, 3.05) is 74.9 Å². The number of aromatic nitrogens is 2. The zero-order valence-electron chi connectivity index (χ0n) is 37.1. The van der Waals surface area contributed by atoms with Crippen molar-refractivity contribution in [1.29, 1.82) is 0 Å². The molecule has 5 aliphatic carbocycles. The van der Waals surface area contributed by atoms with E-state index in [9.17, 15) is 23.3 Å². The molecule has 0 atom stereocenters. The molecular weight excluding hydrogens is 850 g/mol. The van der Waals surface area contributed by atoms with Crippen molar-refractivity contribution in [2.45, 2.75) is 94.2 Å². The van der Waals surface area contributed by atoms with Gasteiger partial charge in [-0.05, 0) is 104 Å². The molecule has 2 N–H and O–H groups in total. The number of Topliss-reactive ketones (excluding diaryl/α,β-unsaturated/α-hetero) is 1.